The van der Waals surface area contributed by atoms with Crippen molar-refractivity contribution in [2.24, 2.45) is 0 Å². The molecule has 0 spiro atoms. The molecule has 2 atom stereocenters. The van der Waals surface area contributed by atoms with E-state index in [4.69, 9.17) is 4.74 Å². The number of urea groups is 1. The smallest absolute Gasteiger partial charge is 0.317 e. The zero-order valence-electron chi connectivity index (χ0n) is 25.0. The van der Waals surface area contributed by atoms with Crippen LogP contribution >= 0.6 is 0 Å². The molecule has 3 N–H and O–H groups in total. The number of anilines is 1. The van der Waals surface area contributed by atoms with E-state index >= 15 is 0 Å². The number of nitrogens with zero attached hydrogens (tertiary/aromatic N) is 2. The molecule has 1 saturated heterocycles. The third-order valence-corrected chi connectivity index (χ3v) is 8.10. The Morgan fingerprint density at radius 3 is 2.50 bits per heavy atom. The van der Waals surface area contributed by atoms with Crippen LogP contribution in [0.3, 0.4) is 0 Å². The van der Waals surface area contributed by atoms with Crippen LogP contribution in [0.15, 0.2) is 48.5 Å². The number of benzene rings is 2. The lowest BCUT2D eigenvalue weighted by atomic mass is 9.96. The van der Waals surface area contributed by atoms with Crippen molar-refractivity contribution in [3.63, 3.8) is 0 Å². The van der Waals surface area contributed by atoms with Crippen LogP contribution in [0.25, 0.3) is 0 Å². The Balaban J connectivity index is 1.52. The van der Waals surface area contributed by atoms with Crippen LogP contribution < -0.4 is 20.3 Å². The number of carbonyl (C=O) groups is 3. The predicted octanol–water partition coefficient (Wildman–Crippen LogP) is 4.67. The Morgan fingerprint density at radius 2 is 1.83 bits per heavy atom. The molecule has 1 aliphatic heterocycles. The van der Waals surface area contributed by atoms with E-state index in [1.54, 1.807) is 28.0 Å². The average Bonchev–Trinajstić information content (AvgIpc) is 3.44. The zero-order valence-corrected chi connectivity index (χ0v) is 25.0. The second-order valence-corrected chi connectivity index (χ2v) is 11.4. The van der Waals surface area contributed by atoms with E-state index < -0.39 is 12.1 Å². The van der Waals surface area contributed by atoms with Crippen LogP contribution in [0, 0.1) is 0 Å². The Hall–Kier alpha value is -3.59. The maximum absolute atomic E-state index is 13.7. The Labute approximate surface area is 249 Å². The number of amides is 4. The predicted molar refractivity (Wildman–Crippen MR) is 164 cm³/mol. The van der Waals surface area contributed by atoms with Crippen molar-refractivity contribution in [1.29, 1.82) is 0 Å². The molecule has 228 valence electrons. The number of carbonyl (C=O) groups excluding carboxylic acids is 3. The van der Waals surface area contributed by atoms with E-state index in [1.807, 2.05) is 44.2 Å². The van der Waals surface area contributed by atoms with Crippen molar-refractivity contribution >= 4 is 23.5 Å². The van der Waals surface area contributed by atoms with Gasteiger partial charge in [-0.05, 0) is 56.7 Å². The second-order valence-electron chi connectivity index (χ2n) is 11.4. The van der Waals surface area contributed by atoms with Gasteiger partial charge in [-0.15, -0.1) is 0 Å². The number of nitrogens with one attached hydrogen (secondary N) is 2. The first-order valence-corrected chi connectivity index (χ1v) is 15.5. The van der Waals surface area contributed by atoms with Crippen LogP contribution in [0.2, 0.25) is 0 Å². The minimum absolute atomic E-state index is 0.0255. The van der Waals surface area contributed by atoms with Gasteiger partial charge in [-0.1, -0.05) is 56.5 Å². The van der Waals surface area contributed by atoms with Gasteiger partial charge in [0.05, 0.1) is 25.3 Å². The van der Waals surface area contributed by atoms with E-state index in [9.17, 15) is 19.5 Å². The number of likely N-dealkylation sites (N-methyl/N-ethyl adjacent to an activating group) is 1. The van der Waals surface area contributed by atoms with Gasteiger partial charge in [-0.25, -0.2) is 4.79 Å². The summed E-state index contributed by atoms with van der Waals surface area (Å²) in [6.45, 7) is 5.50. The highest BCUT2D eigenvalue weighted by molar-refractivity contribution is 5.99. The molecule has 0 bridgehead atoms. The minimum atomic E-state index is -1.01. The molecule has 1 aliphatic carbocycles. The van der Waals surface area contributed by atoms with Gasteiger partial charge in [0.1, 0.15) is 5.75 Å². The van der Waals surface area contributed by atoms with Crippen LogP contribution in [0.5, 0.6) is 5.75 Å². The van der Waals surface area contributed by atoms with Crippen molar-refractivity contribution in [2.75, 3.05) is 31.1 Å². The highest BCUT2D eigenvalue weighted by Crippen LogP contribution is 2.28. The number of hydrogen-bond donors (Lipinski definition) is 3. The fourth-order valence-corrected chi connectivity index (χ4v) is 5.72. The first-order valence-electron chi connectivity index (χ1n) is 15.5. The monoisotopic (exact) mass is 578 g/mol. The van der Waals surface area contributed by atoms with Crippen LogP contribution in [0.4, 0.5) is 10.5 Å². The first-order chi connectivity index (χ1) is 20.4. The van der Waals surface area contributed by atoms with Crippen molar-refractivity contribution in [3.8, 4) is 5.75 Å². The summed E-state index contributed by atoms with van der Waals surface area (Å²) in [7, 11) is 0. The lowest BCUT2D eigenvalue weighted by Crippen LogP contribution is -2.53. The number of ether oxygens (including phenoxy) is 1. The normalized spacial score (nSPS) is 17.0. The van der Waals surface area contributed by atoms with Gasteiger partial charge in [0.15, 0.2) is 0 Å². The lowest BCUT2D eigenvalue weighted by Gasteiger charge is -2.32. The standard InChI is InChI=1S/C33H46N4O5/c1-3-18-42-28-21-25(20-27(22-28)37-17-11-16-31(37)39)32(40)35-29(19-24-12-7-5-8-13-24)30(38)23-36(4-2)33(41)34-26-14-9-6-10-15-26/h5,7-8,12-13,20-22,26,29-30,38H,3-4,6,9-11,14-19,23H2,1-2H3,(H,34,41)(H,35,40)/t29-,30-/m0/s1. The Morgan fingerprint density at radius 1 is 1.07 bits per heavy atom. The van der Waals surface area contributed by atoms with Crippen LogP contribution in [-0.2, 0) is 11.2 Å². The fourth-order valence-electron chi connectivity index (χ4n) is 5.72. The number of hydrogen-bond acceptors (Lipinski definition) is 5. The van der Waals surface area contributed by atoms with Crippen molar-refractivity contribution in [1.82, 2.24) is 15.5 Å². The summed E-state index contributed by atoms with van der Waals surface area (Å²) in [5.41, 5.74) is 1.94. The maximum atomic E-state index is 13.7. The molecule has 42 heavy (non-hydrogen) atoms. The second kappa shape index (κ2) is 15.6. The van der Waals surface area contributed by atoms with E-state index in [1.165, 1.54) is 6.42 Å². The average molecular weight is 579 g/mol. The van der Waals surface area contributed by atoms with Gasteiger partial charge in [-0.3, -0.25) is 9.59 Å². The molecular weight excluding hydrogens is 532 g/mol. The van der Waals surface area contributed by atoms with Gasteiger partial charge in [0.2, 0.25) is 5.91 Å². The summed E-state index contributed by atoms with van der Waals surface area (Å²) in [6, 6.07) is 14.2. The van der Waals surface area contributed by atoms with Crippen molar-refractivity contribution < 1.29 is 24.2 Å². The van der Waals surface area contributed by atoms with E-state index in [0.29, 0.717) is 49.5 Å². The fraction of sp³-hybridized carbons (Fsp3) is 0.545. The van der Waals surface area contributed by atoms with E-state index in [-0.39, 0.29) is 30.4 Å². The molecule has 0 unspecified atom stereocenters. The quantitative estimate of drug-likeness (QED) is 0.320. The molecule has 9 heteroatoms. The minimum Gasteiger partial charge on any atom is -0.494 e. The number of aliphatic hydroxyl groups is 1. The van der Waals surface area contributed by atoms with Crippen LogP contribution in [0.1, 0.15) is 81.1 Å². The molecule has 0 aromatic heterocycles. The maximum Gasteiger partial charge on any atom is 0.317 e. The molecular formula is C33H46N4O5. The summed E-state index contributed by atoms with van der Waals surface area (Å²) in [5, 5.41) is 17.6. The largest absolute Gasteiger partial charge is 0.494 e. The highest BCUT2D eigenvalue weighted by Gasteiger charge is 2.28. The van der Waals surface area contributed by atoms with E-state index in [0.717, 1.165) is 44.1 Å². The molecule has 1 saturated carbocycles. The summed E-state index contributed by atoms with van der Waals surface area (Å²) in [5.74, 6) is 0.174. The SMILES string of the molecule is CCCOc1cc(C(=O)N[C@@H](Cc2ccccc2)[C@@H](O)CN(CC)C(=O)NC2CCCCC2)cc(N2CCCC2=O)c1. The third kappa shape index (κ3) is 8.71. The van der Waals surface area contributed by atoms with Crippen LogP contribution in [-0.4, -0.2) is 72.3 Å². The number of aliphatic hydroxyl groups excluding tert-OH is 1. The molecule has 2 aliphatic rings. The summed E-state index contributed by atoms with van der Waals surface area (Å²) in [4.78, 5) is 42.6. The summed E-state index contributed by atoms with van der Waals surface area (Å²) < 4.78 is 5.87. The lowest BCUT2D eigenvalue weighted by molar-refractivity contribution is -0.117. The Bertz CT molecular complexity index is 1180. The molecule has 0 radical (unpaired) electrons. The summed E-state index contributed by atoms with van der Waals surface area (Å²) in [6.07, 6.45) is 6.82. The molecule has 2 aromatic carbocycles. The van der Waals surface area contributed by atoms with E-state index in [2.05, 4.69) is 10.6 Å². The van der Waals surface area contributed by atoms with Gasteiger partial charge in [-0.2, -0.15) is 0 Å². The topological polar surface area (TPSA) is 111 Å². The van der Waals surface area contributed by atoms with Gasteiger partial charge >= 0.3 is 6.03 Å². The Kier molecular flexibility index (Phi) is 11.6. The highest BCUT2D eigenvalue weighted by atomic mass is 16.5. The molecule has 4 amide bonds. The molecule has 2 aromatic rings. The number of rotatable bonds is 13. The van der Waals surface area contributed by atoms with Gasteiger partial charge in [0, 0.05) is 42.9 Å². The zero-order chi connectivity index (χ0) is 29.9. The van der Waals surface area contributed by atoms with Gasteiger partial charge < -0.3 is 30.3 Å². The first kappa shape index (κ1) is 31.3. The molecule has 4 rings (SSSR count). The third-order valence-electron chi connectivity index (χ3n) is 8.10. The molecule has 2 fully saturated rings. The molecule has 9 nitrogen and oxygen atoms in total. The summed E-state index contributed by atoms with van der Waals surface area (Å²) >= 11 is 0. The molecule has 1 heterocycles. The van der Waals surface area contributed by atoms with Crippen molar-refractivity contribution in [3.05, 3.63) is 59.7 Å². The van der Waals surface area contributed by atoms with Crippen molar-refractivity contribution in [2.45, 2.75) is 89.8 Å². The van der Waals surface area contributed by atoms with Gasteiger partial charge in [0.25, 0.3) is 5.91 Å².